The highest BCUT2D eigenvalue weighted by Gasteiger charge is 2.25. The third-order valence-corrected chi connectivity index (χ3v) is 2.50. The van der Waals surface area contributed by atoms with E-state index in [1.807, 2.05) is 30.3 Å². The van der Waals surface area contributed by atoms with Crippen LogP contribution in [0.4, 0.5) is 0 Å². The molecule has 19 heavy (non-hydrogen) atoms. The summed E-state index contributed by atoms with van der Waals surface area (Å²) in [7, 11) is 1.61. The number of likely N-dealkylation sites (N-methyl/N-ethyl adjacent to an activating group) is 1. The zero-order valence-electron chi connectivity index (χ0n) is 12.0. The molecule has 0 fully saturated rings. The van der Waals surface area contributed by atoms with Gasteiger partial charge in [0.1, 0.15) is 5.60 Å². The van der Waals surface area contributed by atoms with Gasteiger partial charge in [-0.3, -0.25) is 4.79 Å². The topological polar surface area (TPSA) is 46.6 Å². The molecule has 0 radical (unpaired) electrons. The van der Waals surface area contributed by atoms with Gasteiger partial charge in [0.25, 0.3) is 0 Å². The summed E-state index contributed by atoms with van der Waals surface area (Å²) in [5, 5.41) is 0. The van der Waals surface area contributed by atoms with Gasteiger partial charge in [-0.1, -0.05) is 30.3 Å². The van der Waals surface area contributed by atoms with Crippen LogP contribution in [0.5, 0.6) is 0 Å². The van der Waals surface area contributed by atoms with Crippen molar-refractivity contribution in [2.75, 3.05) is 13.6 Å². The summed E-state index contributed by atoms with van der Waals surface area (Å²) in [6, 6.07) is 9.83. The van der Waals surface area contributed by atoms with Crippen LogP contribution >= 0.6 is 0 Å². The van der Waals surface area contributed by atoms with E-state index in [4.69, 9.17) is 4.74 Å². The Bertz CT molecular complexity index is 434. The lowest BCUT2D eigenvalue weighted by Gasteiger charge is -2.22. The standard InChI is InChI=1S/C15H21NO3/c1-15(2,3)19-14(18)13(17)16(4)11-10-12-8-6-5-7-9-12/h5-9H,10-11H2,1-4H3. The first-order valence-corrected chi connectivity index (χ1v) is 6.32. The zero-order valence-corrected chi connectivity index (χ0v) is 12.0. The van der Waals surface area contributed by atoms with Crippen LogP contribution in [0, 0.1) is 0 Å². The van der Waals surface area contributed by atoms with Crippen molar-refractivity contribution in [2.45, 2.75) is 32.8 Å². The number of carbonyl (C=O) groups is 2. The fourth-order valence-corrected chi connectivity index (χ4v) is 1.52. The molecule has 0 aliphatic carbocycles. The summed E-state index contributed by atoms with van der Waals surface area (Å²) in [5.41, 5.74) is 0.485. The molecule has 0 unspecified atom stereocenters. The maximum Gasteiger partial charge on any atom is 0.397 e. The highest BCUT2D eigenvalue weighted by Crippen LogP contribution is 2.08. The molecule has 0 heterocycles. The van der Waals surface area contributed by atoms with E-state index in [0.29, 0.717) is 13.0 Å². The lowest BCUT2D eigenvalue weighted by molar-refractivity contribution is -0.167. The van der Waals surface area contributed by atoms with Gasteiger partial charge in [0, 0.05) is 13.6 Å². The normalized spacial score (nSPS) is 10.9. The number of rotatable bonds is 3. The van der Waals surface area contributed by atoms with Crippen molar-refractivity contribution in [3.05, 3.63) is 35.9 Å². The van der Waals surface area contributed by atoms with Crippen molar-refractivity contribution >= 4 is 11.9 Å². The van der Waals surface area contributed by atoms with Gasteiger partial charge in [-0.25, -0.2) is 4.79 Å². The minimum Gasteiger partial charge on any atom is -0.453 e. The van der Waals surface area contributed by atoms with Crippen LogP contribution in [0.1, 0.15) is 26.3 Å². The smallest absolute Gasteiger partial charge is 0.397 e. The highest BCUT2D eigenvalue weighted by molar-refractivity contribution is 6.32. The summed E-state index contributed by atoms with van der Waals surface area (Å²) < 4.78 is 5.04. The predicted octanol–water partition coefficient (Wildman–Crippen LogP) is 2.03. The molecule has 0 saturated heterocycles. The van der Waals surface area contributed by atoms with Crippen molar-refractivity contribution in [3.63, 3.8) is 0 Å². The van der Waals surface area contributed by atoms with Gasteiger partial charge in [0.05, 0.1) is 0 Å². The molecule has 104 valence electrons. The van der Waals surface area contributed by atoms with E-state index < -0.39 is 17.5 Å². The number of nitrogens with zero attached hydrogens (tertiary/aromatic N) is 1. The first-order chi connectivity index (χ1) is 8.79. The minimum absolute atomic E-state index is 0.488. The monoisotopic (exact) mass is 263 g/mol. The molecule has 0 bridgehead atoms. The van der Waals surface area contributed by atoms with Gasteiger partial charge in [-0.05, 0) is 32.8 Å². The van der Waals surface area contributed by atoms with Crippen molar-refractivity contribution < 1.29 is 14.3 Å². The Hall–Kier alpha value is -1.84. The summed E-state index contributed by atoms with van der Waals surface area (Å²) in [6.07, 6.45) is 0.714. The SMILES string of the molecule is CN(CCc1ccccc1)C(=O)C(=O)OC(C)(C)C. The van der Waals surface area contributed by atoms with Gasteiger partial charge in [0.2, 0.25) is 0 Å². The second-order valence-corrected chi connectivity index (χ2v) is 5.46. The van der Waals surface area contributed by atoms with E-state index in [1.54, 1.807) is 27.8 Å². The first-order valence-electron chi connectivity index (χ1n) is 6.32. The number of ether oxygens (including phenoxy) is 1. The number of hydrogen-bond acceptors (Lipinski definition) is 3. The number of carbonyl (C=O) groups excluding carboxylic acids is 2. The summed E-state index contributed by atoms with van der Waals surface area (Å²) >= 11 is 0. The Balaban J connectivity index is 2.47. The third-order valence-electron chi connectivity index (χ3n) is 2.50. The Labute approximate surface area is 114 Å². The molecule has 0 aromatic heterocycles. The highest BCUT2D eigenvalue weighted by atomic mass is 16.6. The lowest BCUT2D eigenvalue weighted by Crippen LogP contribution is -2.39. The van der Waals surface area contributed by atoms with Crippen LogP contribution in [0.2, 0.25) is 0 Å². The molecular weight excluding hydrogens is 242 g/mol. The number of esters is 1. The molecule has 1 aromatic carbocycles. The van der Waals surface area contributed by atoms with Gasteiger partial charge in [-0.2, -0.15) is 0 Å². The first kappa shape index (κ1) is 15.2. The van der Waals surface area contributed by atoms with Gasteiger partial charge < -0.3 is 9.64 Å². The van der Waals surface area contributed by atoms with Crippen LogP contribution in [-0.4, -0.2) is 36.0 Å². The van der Waals surface area contributed by atoms with E-state index >= 15 is 0 Å². The lowest BCUT2D eigenvalue weighted by atomic mass is 10.1. The predicted molar refractivity (Wildman–Crippen MR) is 73.6 cm³/mol. The second kappa shape index (κ2) is 6.36. The molecule has 0 spiro atoms. The molecule has 0 saturated carbocycles. The molecule has 0 atom stereocenters. The van der Waals surface area contributed by atoms with Gasteiger partial charge >= 0.3 is 11.9 Å². The van der Waals surface area contributed by atoms with Crippen molar-refractivity contribution in [1.82, 2.24) is 4.90 Å². The van der Waals surface area contributed by atoms with Crippen molar-refractivity contribution in [1.29, 1.82) is 0 Å². The average Bonchev–Trinajstić information content (AvgIpc) is 2.34. The third kappa shape index (κ3) is 5.55. The Morgan fingerprint density at radius 3 is 2.26 bits per heavy atom. The van der Waals surface area contributed by atoms with E-state index in [-0.39, 0.29) is 0 Å². The van der Waals surface area contributed by atoms with Gasteiger partial charge in [0.15, 0.2) is 0 Å². The van der Waals surface area contributed by atoms with E-state index in [2.05, 4.69) is 0 Å². The molecule has 0 aliphatic heterocycles. The van der Waals surface area contributed by atoms with Crippen LogP contribution in [0.3, 0.4) is 0 Å². The molecule has 0 aliphatic rings. The van der Waals surface area contributed by atoms with Crippen LogP contribution in [0.15, 0.2) is 30.3 Å². The molecular formula is C15H21NO3. The Kier molecular flexibility index (Phi) is 5.10. The summed E-state index contributed by atoms with van der Waals surface area (Å²) in [6.45, 7) is 5.70. The van der Waals surface area contributed by atoms with Crippen LogP contribution < -0.4 is 0 Å². The quantitative estimate of drug-likeness (QED) is 0.619. The number of amides is 1. The minimum atomic E-state index is -0.803. The fourth-order valence-electron chi connectivity index (χ4n) is 1.52. The van der Waals surface area contributed by atoms with Crippen molar-refractivity contribution in [2.24, 2.45) is 0 Å². The number of benzene rings is 1. The maximum absolute atomic E-state index is 11.8. The van der Waals surface area contributed by atoms with Crippen molar-refractivity contribution in [3.8, 4) is 0 Å². The second-order valence-electron chi connectivity index (χ2n) is 5.46. The molecule has 0 N–H and O–H groups in total. The van der Waals surface area contributed by atoms with Crippen LogP contribution in [0.25, 0.3) is 0 Å². The summed E-state index contributed by atoms with van der Waals surface area (Å²) in [4.78, 5) is 24.8. The molecule has 1 aromatic rings. The summed E-state index contributed by atoms with van der Waals surface area (Å²) in [5.74, 6) is -1.41. The number of hydrogen-bond donors (Lipinski definition) is 0. The Morgan fingerprint density at radius 1 is 1.16 bits per heavy atom. The largest absolute Gasteiger partial charge is 0.453 e. The van der Waals surface area contributed by atoms with E-state index in [9.17, 15) is 9.59 Å². The maximum atomic E-state index is 11.8. The molecule has 4 heteroatoms. The average molecular weight is 263 g/mol. The fraction of sp³-hybridized carbons (Fsp3) is 0.467. The Morgan fingerprint density at radius 2 is 1.74 bits per heavy atom. The van der Waals surface area contributed by atoms with Crippen LogP contribution in [-0.2, 0) is 20.7 Å². The molecule has 4 nitrogen and oxygen atoms in total. The van der Waals surface area contributed by atoms with E-state index in [1.165, 1.54) is 4.90 Å². The molecule has 1 rings (SSSR count). The molecule has 1 amide bonds. The zero-order chi connectivity index (χ0) is 14.5. The van der Waals surface area contributed by atoms with E-state index in [0.717, 1.165) is 5.56 Å². The van der Waals surface area contributed by atoms with Gasteiger partial charge in [-0.15, -0.1) is 0 Å².